The predicted molar refractivity (Wildman–Crippen MR) is 105 cm³/mol. The standard InChI is InChI=1S/C20H18ClN3O2/c1-24(16-6-4-3-5-7-16)20(25)14-10-11-22-19(12-14)23-17-13-15(21)8-9-18(17)26-2/h3-13H,1-2H3,(H,22,23). The maximum Gasteiger partial charge on any atom is 0.258 e. The van der Waals surface area contributed by atoms with E-state index >= 15 is 0 Å². The topological polar surface area (TPSA) is 54.5 Å². The molecule has 1 amide bonds. The van der Waals surface area contributed by atoms with E-state index in [-0.39, 0.29) is 5.91 Å². The van der Waals surface area contributed by atoms with E-state index in [1.165, 1.54) is 0 Å². The summed E-state index contributed by atoms with van der Waals surface area (Å²) in [6.45, 7) is 0. The molecule has 26 heavy (non-hydrogen) atoms. The molecule has 6 heteroatoms. The number of ether oxygens (including phenoxy) is 1. The Kier molecular flexibility index (Phi) is 5.39. The van der Waals surface area contributed by atoms with Gasteiger partial charge in [0.25, 0.3) is 5.91 Å². The molecule has 3 rings (SSSR count). The molecule has 5 nitrogen and oxygen atoms in total. The van der Waals surface area contributed by atoms with Gasteiger partial charge < -0.3 is 15.0 Å². The zero-order valence-corrected chi connectivity index (χ0v) is 15.2. The lowest BCUT2D eigenvalue weighted by molar-refractivity contribution is 0.0993. The fraction of sp³-hybridized carbons (Fsp3) is 0.100. The van der Waals surface area contributed by atoms with E-state index in [2.05, 4.69) is 10.3 Å². The lowest BCUT2D eigenvalue weighted by Gasteiger charge is -2.18. The monoisotopic (exact) mass is 367 g/mol. The smallest absolute Gasteiger partial charge is 0.258 e. The van der Waals surface area contributed by atoms with Gasteiger partial charge in [0.1, 0.15) is 11.6 Å². The van der Waals surface area contributed by atoms with Crippen LogP contribution < -0.4 is 15.0 Å². The highest BCUT2D eigenvalue weighted by molar-refractivity contribution is 6.31. The van der Waals surface area contributed by atoms with Gasteiger partial charge in [0, 0.05) is 29.5 Å². The van der Waals surface area contributed by atoms with E-state index in [0.717, 1.165) is 5.69 Å². The van der Waals surface area contributed by atoms with Gasteiger partial charge in [0.15, 0.2) is 0 Å². The van der Waals surface area contributed by atoms with Gasteiger partial charge in [-0.3, -0.25) is 4.79 Å². The Morgan fingerprint density at radius 3 is 2.62 bits per heavy atom. The molecular weight excluding hydrogens is 350 g/mol. The summed E-state index contributed by atoms with van der Waals surface area (Å²) in [7, 11) is 3.32. The van der Waals surface area contributed by atoms with E-state index < -0.39 is 0 Å². The first-order valence-electron chi connectivity index (χ1n) is 7.98. The fourth-order valence-corrected chi connectivity index (χ4v) is 2.68. The summed E-state index contributed by atoms with van der Waals surface area (Å²) in [5, 5.41) is 3.72. The summed E-state index contributed by atoms with van der Waals surface area (Å²) >= 11 is 6.05. The van der Waals surface area contributed by atoms with Crippen molar-refractivity contribution in [3.63, 3.8) is 0 Å². The van der Waals surface area contributed by atoms with Gasteiger partial charge in [-0.2, -0.15) is 0 Å². The minimum Gasteiger partial charge on any atom is -0.495 e. The molecule has 0 aliphatic heterocycles. The summed E-state index contributed by atoms with van der Waals surface area (Å²) < 4.78 is 5.32. The van der Waals surface area contributed by atoms with Crippen LogP contribution in [0.5, 0.6) is 5.75 Å². The van der Waals surface area contributed by atoms with Crippen molar-refractivity contribution >= 4 is 34.7 Å². The van der Waals surface area contributed by atoms with Crippen LogP contribution in [0.2, 0.25) is 5.02 Å². The van der Waals surface area contributed by atoms with Crippen molar-refractivity contribution in [1.29, 1.82) is 0 Å². The number of benzene rings is 2. The first-order chi connectivity index (χ1) is 12.6. The van der Waals surface area contributed by atoms with Gasteiger partial charge in [-0.15, -0.1) is 0 Å². The zero-order valence-electron chi connectivity index (χ0n) is 14.4. The quantitative estimate of drug-likeness (QED) is 0.706. The molecule has 0 saturated carbocycles. The molecule has 2 aromatic carbocycles. The third kappa shape index (κ3) is 3.95. The van der Waals surface area contributed by atoms with Gasteiger partial charge in [0.05, 0.1) is 12.8 Å². The number of halogens is 1. The van der Waals surface area contributed by atoms with E-state index in [1.807, 2.05) is 30.3 Å². The third-order valence-corrected chi connectivity index (χ3v) is 4.11. The van der Waals surface area contributed by atoms with Crippen LogP contribution in [0.15, 0.2) is 66.9 Å². The maximum absolute atomic E-state index is 12.8. The van der Waals surface area contributed by atoms with Crippen LogP contribution in [0.1, 0.15) is 10.4 Å². The summed E-state index contributed by atoms with van der Waals surface area (Å²) in [4.78, 5) is 18.6. The number of carbonyl (C=O) groups is 1. The molecule has 0 atom stereocenters. The molecule has 0 spiro atoms. The predicted octanol–water partition coefficient (Wildman–Crippen LogP) is 4.76. The molecule has 1 N–H and O–H groups in total. The van der Waals surface area contributed by atoms with E-state index in [1.54, 1.807) is 55.6 Å². The molecule has 3 aromatic rings. The number of para-hydroxylation sites is 1. The van der Waals surface area contributed by atoms with Crippen LogP contribution in [0.3, 0.4) is 0 Å². The van der Waals surface area contributed by atoms with Gasteiger partial charge in [0.2, 0.25) is 0 Å². The third-order valence-electron chi connectivity index (χ3n) is 3.88. The van der Waals surface area contributed by atoms with Gasteiger partial charge in [-0.1, -0.05) is 29.8 Å². The molecule has 0 unspecified atom stereocenters. The first-order valence-corrected chi connectivity index (χ1v) is 8.36. The number of anilines is 3. The average Bonchev–Trinajstić information content (AvgIpc) is 2.68. The molecule has 1 heterocycles. The molecule has 0 fully saturated rings. The van der Waals surface area contributed by atoms with Gasteiger partial charge in [-0.05, 0) is 42.5 Å². The number of rotatable bonds is 5. The largest absolute Gasteiger partial charge is 0.495 e. The van der Waals surface area contributed by atoms with E-state index in [4.69, 9.17) is 16.3 Å². The molecule has 0 aliphatic carbocycles. The van der Waals surface area contributed by atoms with E-state index in [0.29, 0.717) is 27.8 Å². The van der Waals surface area contributed by atoms with Crippen molar-refractivity contribution in [2.45, 2.75) is 0 Å². The second-order valence-corrected chi connectivity index (χ2v) is 6.04. The Bertz CT molecular complexity index is 916. The minimum absolute atomic E-state index is 0.125. The normalized spacial score (nSPS) is 10.3. The molecule has 1 aromatic heterocycles. The molecule has 132 valence electrons. The van der Waals surface area contributed by atoms with Crippen molar-refractivity contribution in [3.8, 4) is 5.75 Å². The summed E-state index contributed by atoms with van der Waals surface area (Å²) in [5.74, 6) is 1.03. The molecule has 0 aliphatic rings. The Morgan fingerprint density at radius 1 is 1.12 bits per heavy atom. The number of hydrogen-bond acceptors (Lipinski definition) is 4. The Hall–Kier alpha value is -3.05. The zero-order chi connectivity index (χ0) is 18.5. The highest BCUT2D eigenvalue weighted by Gasteiger charge is 2.14. The highest BCUT2D eigenvalue weighted by atomic mass is 35.5. The Morgan fingerprint density at radius 2 is 1.88 bits per heavy atom. The Balaban J connectivity index is 1.85. The van der Waals surface area contributed by atoms with Crippen LogP contribution >= 0.6 is 11.6 Å². The number of methoxy groups -OCH3 is 1. The summed E-state index contributed by atoms with van der Waals surface area (Å²) in [5.41, 5.74) is 2.02. The minimum atomic E-state index is -0.125. The summed E-state index contributed by atoms with van der Waals surface area (Å²) in [6.07, 6.45) is 1.59. The van der Waals surface area contributed by atoms with Crippen molar-refractivity contribution in [1.82, 2.24) is 4.98 Å². The number of aromatic nitrogens is 1. The molecular formula is C20H18ClN3O2. The number of hydrogen-bond donors (Lipinski definition) is 1. The SMILES string of the molecule is COc1ccc(Cl)cc1Nc1cc(C(=O)N(C)c2ccccc2)ccn1. The van der Waals surface area contributed by atoms with Crippen LogP contribution in [-0.2, 0) is 0 Å². The number of amides is 1. The lowest BCUT2D eigenvalue weighted by atomic mass is 10.2. The number of carbonyl (C=O) groups excluding carboxylic acids is 1. The fourth-order valence-electron chi connectivity index (χ4n) is 2.51. The van der Waals surface area contributed by atoms with Crippen LogP contribution in [-0.4, -0.2) is 25.0 Å². The Labute approximate surface area is 157 Å². The molecule has 0 saturated heterocycles. The van der Waals surface area contributed by atoms with Crippen molar-refractivity contribution < 1.29 is 9.53 Å². The van der Waals surface area contributed by atoms with Crippen molar-refractivity contribution in [3.05, 3.63) is 77.4 Å². The first kappa shape index (κ1) is 17.8. The van der Waals surface area contributed by atoms with Crippen molar-refractivity contribution in [2.24, 2.45) is 0 Å². The van der Waals surface area contributed by atoms with Gasteiger partial charge in [-0.25, -0.2) is 4.98 Å². The molecule has 0 bridgehead atoms. The van der Waals surface area contributed by atoms with Crippen LogP contribution in [0.4, 0.5) is 17.2 Å². The lowest BCUT2D eigenvalue weighted by Crippen LogP contribution is -2.26. The highest BCUT2D eigenvalue weighted by Crippen LogP contribution is 2.30. The van der Waals surface area contributed by atoms with Crippen LogP contribution in [0, 0.1) is 0 Å². The van der Waals surface area contributed by atoms with Crippen molar-refractivity contribution in [2.75, 3.05) is 24.4 Å². The van der Waals surface area contributed by atoms with Gasteiger partial charge >= 0.3 is 0 Å². The molecule has 0 radical (unpaired) electrons. The second-order valence-electron chi connectivity index (χ2n) is 5.60. The number of pyridine rings is 1. The second kappa shape index (κ2) is 7.89. The van der Waals surface area contributed by atoms with Crippen LogP contribution in [0.25, 0.3) is 0 Å². The summed E-state index contributed by atoms with van der Waals surface area (Å²) in [6, 6.07) is 18.1. The number of nitrogens with zero attached hydrogens (tertiary/aromatic N) is 2. The maximum atomic E-state index is 12.8. The van der Waals surface area contributed by atoms with E-state index in [9.17, 15) is 4.79 Å². The number of nitrogens with one attached hydrogen (secondary N) is 1. The average molecular weight is 368 g/mol.